The average molecular weight is 387 g/mol. The van der Waals surface area contributed by atoms with Gasteiger partial charge in [-0.05, 0) is 54.9 Å². The Morgan fingerprint density at radius 2 is 1.93 bits per heavy atom. The van der Waals surface area contributed by atoms with E-state index in [1.165, 1.54) is 5.56 Å². The minimum atomic E-state index is 0.216. The van der Waals surface area contributed by atoms with Crippen LogP contribution >= 0.6 is 12.2 Å². The van der Waals surface area contributed by atoms with Crippen LogP contribution in [0.15, 0.2) is 48.5 Å². The van der Waals surface area contributed by atoms with E-state index >= 15 is 0 Å². The van der Waals surface area contributed by atoms with Crippen molar-refractivity contribution in [3.05, 3.63) is 54.1 Å². The topological polar surface area (TPSA) is 43.0 Å². The Balaban J connectivity index is 1.71. The predicted molar refractivity (Wildman–Crippen MR) is 112 cm³/mol. The van der Waals surface area contributed by atoms with Crippen LogP contribution in [0.25, 0.3) is 0 Å². The molecule has 1 fully saturated rings. The third-order valence-corrected chi connectivity index (χ3v) is 4.95. The van der Waals surface area contributed by atoms with Gasteiger partial charge in [-0.15, -0.1) is 0 Å². The summed E-state index contributed by atoms with van der Waals surface area (Å²) < 4.78 is 16.4. The number of nitrogens with zero attached hydrogens (tertiary/aromatic N) is 1. The lowest BCUT2D eigenvalue weighted by atomic mass is 10.2. The van der Waals surface area contributed by atoms with Crippen molar-refractivity contribution in [3.8, 4) is 11.5 Å². The minimum absolute atomic E-state index is 0.216. The zero-order chi connectivity index (χ0) is 19.1. The van der Waals surface area contributed by atoms with Crippen molar-refractivity contribution >= 4 is 23.0 Å². The lowest BCUT2D eigenvalue weighted by Crippen LogP contribution is -2.39. The second kappa shape index (κ2) is 9.58. The molecule has 0 amide bonds. The Morgan fingerprint density at radius 1 is 1.15 bits per heavy atom. The fourth-order valence-corrected chi connectivity index (χ4v) is 3.37. The van der Waals surface area contributed by atoms with Crippen LogP contribution in [0.4, 0.5) is 5.69 Å². The largest absolute Gasteiger partial charge is 0.497 e. The highest BCUT2D eigenvalue weighted by Crippen LogP contribution is 2.20. The minimum Gasteiger partial charge on any atom is -0.497 e. The molecule has 0 aliphatic carbocycles. The van der Waals surface area contributed by atoms with Crippen LogP contribution in [0.1, 0.15) is 18.4 Å². The van der Waals surface area contributed by atoms with Crippen LogP contribution in [0, 0.1) is 0 Å². The molecular weight excluding hydrogens is 360 g/mol. The highest BCUT2D eigenvalue weighted by atomic mass is 32.1. The third-order valence-electron chi connectivity index (χ3n) is 4.59. The fraction of sp³-hybridized carbons (Fsp3) is 0.381. The Kier molecular flexibility index (Phi) is 6.90. The molecule has 1 unspecified atom stereocenters. The van der Waals surface area contributed by atoms with Crippen molar-refractivity contribution in [3.63, 3.8) is 0 Å². The lowest BCUT2D eigenvalue weighted by Gasteiger charge is -2.28. The van der Waals surface area contributed by atoms with Crippen molar-refractivity contribution in [1.82, 2.24) is 4.90 Å². The van der Waals surface area contributed by atoms with Crippen LogP contribution in [0.5, 0.6) is 11.5 Å². The van der Waals surface area contributed by atoms with E-state index in [1.807, 2.05) is 36.4 Å². The Labute approximate surface area is 166 Å². The number of rotatable bonds is 7. The van der Waals surface area contributed by atoms with E-state index in [9.17, 15) is 0 Å². The first-order chi connectivity index (χ1) is 13.2. The molecule has 1 saturated heterocycles. The summed E-state index contributed by atoms with van der Waals surface area (Å²) >= 11 is 5.71. The fourth-order valence-electron chi connectivity index (χ4n) is 3.11. The summed E-state index contributed by atoms with van der Waals surface area (Å²) in [6.45, 7) is 2.30. The van der Waals surface area contributed by atoms with E-state index in [2.05, 4.69) is 22.3 Å². The maximum atomic E-state index is 5.83. The van der Waals surface area contributed by atoms with Crippen LogP contribution in [-0.4, -0.2) is 43.5 Å². The molecule has 2 aromatic carbocycles. The predicted octanol–water partition coefficient (Wildman–Crippen LogP) is 4.08. The van der Waals surface area contributed by atoms with Gasteiger partial charge >= 0.3 is 0 Å². The van der Waals surface area contributed by atoms with Crippen molar-refractivity contribution in [2.24, 2.45) is 0 Å². The zero-order valence-electron chi connectivity index (χ0n) is 15.8. The van der Waals surface area contributed by atoms with Gasteiger partial charge in [-0.2, -0.15) is 0 Å². The molecule has 1 atom stereocenters. The van der Waals surface area contributed by atoms with Gasteiger partial charge in [-0.25, -0.2) is 0 Å². The summed E-state index contributed by atoms with van der Waals surface area (Å²) in [5.74, 6) is 1.64. The summed E-state index contributed by atoms with van der Waals surface area (Å²) in [6.07, 6.45) is 2.39. The molecule has 2 aromatic rings. The number of benzene rings is 2. The highest BCUT2D eigenvalue weighted by Gasteiger charge is 2.21. The average Bonchev–Trinajstić information content (AvgIpc) is 3.21. The van der Waals surface area contributed by atoms with Crippen LogP contribution in [0.2, 0.25) is 0 Å². The van der Waals surface area contributed by atoms with E-state index in [0.717, 1.165) is 43.2 Å². The first-order valence-electron chi connectivity index (χ1n) is 9.12. The molecule has 27 heavy (non-hydrogen) atoms. The van der Waals surface area contributed by atoms with Gasteiger partial charge in [0.15, 0.2) is 5.11 Å². The zero-order valence-corrected chi connectivity index (χ0v) is 16.6. The Hall–Kier alpha value is -2.31. The van der Waals surface area contributed by atoms with Gasteiger partial charge in [0.05, 0.1) is 20.3 Å². The SMILES string of the molecule is COc1ccc(CN(CC2CCCO2)C(=S)Nc2cccc(OC)c2)cc1. The molecule has 144 valence electrons. The van der Waals surface area contributed by atoms with E-state index in [1.54, 1.807) is 14.2 Å². The second-order valence-corrected chi connectivity index (χ2v) is 6.91. The van der Waals surface area contributed by atoms with E-state index in [-0.39, 0.29) is 6.10 Å². The monoisotopic (exact) mass is 386 g/mol. The summed E-state index contributed by atoms with van der Waals surface area (Å²) in [7, 11) is 3.33. The molecule has 0 spiro atoms. The van der Waals surface area contributed by atoms with E-state index in [0.29, 0.717) is 11.7 Å². The quantitative estimate of drug-likeness (QED) is 0.723. The smallest absolute Gasteiger partial charge is 0.173 e. The molecule has 0 saturated carbocycles. The number of hydrogen-bond acceptors (Lipinski definition) is 4. The first kappa shape index (κ1) is 19.5. The van der Waals surface area contributed by atoms with Crippen LogP contribution < -0.4 is 14.8 Å². The molecule has 3 rings (SSSR count). The molecule has 1 aliphatic rings. The Morgan fingerprint density at radius 3 is 2.59 bits per heavy atom. The molecule has 0 radical (unpaired) electrons. The van der Waals surface area contributed by atoms with Crippen molar-refractivity contribution in [2.45, 2.75) is 25.5 Å². The van der Waals surface area contributed by atoms with Crippen molar-refractivity contribution in [1.29, 1.82) is 0 Å². The summed E-state index contributed by atoms with van der Waals surface area (Å²) in [6, 6.07) is 15.8. The maximum Gasteiger partial charge on any atom is 0.173 e. The number of methoxy groups -OCH3 is 2. The van der Waals surface area contributed by atoms with Gasteiger partial charge < -0.3 is 24.4 Å². The van der Waals surface area contributed by atoms with E-state index in [4.69, 9.17) is 26.4 Å². The normalized spacial score (nSPS) is 16.0. The lowest BCUT2D eigenvalue weighted by molar-refractivity contribution is 0.0905. The highest BCUT2D eigenvalue weighted by molar-refractivity contribution is 7.80. The molecule has 5 nitrogen and oxygen atoms in total. The standard InChI is InChI=1S/C21H26N2O3S/c1-24-18-10-8-16(9-11-18)14-23(15-20-7-4-12-26-20)21(27)22-17-5-3-6-19(13-17)25-2/h3,5-6,8-11,13,20H,4,7,12,14-15H2,1-2H3,(H,22,27). The van der Waals surface area contributed by atoms with Gasteiger partial charge in [0.1, 0.15) is 11.5 Å². The third kappa shape index (κ3) is 5.58. The molecule has 1 heterocycles. The summed E-state index contributed by atoms with van der Waals surface area (Å²) in [5.41, 5.74) is 2.08. The number of thiocarbonyl (C=S) groups is 1. The van der Waals surface area contributed by atoms with Gasteiger partial charge in [0, 0.05) is 31.5 Å². The first-order valence-corrected chi connectivity index (χ1v) is 9.53. The van der Waals surface area contributed by atoms with E-state index < -0.39 is 0 Å². The number of anilines is 1. The molecule has 0 aromatic heterocycles. The van der Waals surface area contributed by atoms with Gasteiger partial charge in [-0.1, -0.05) is 18.2 Å². The van der Waals surface area contributed by atoms with Gasteiger partial charge in [0.25, 0.3) is 0 Å². The molecule has 0 bridgehead atoms. The van der Waals surface area contributed by atoms with Crippen LogP contribution in [0.3, 0.4) is 0 Å². The molecule has 1 N–H and O–H groups in total. The number of ether oxygens (including phenoxy) is 3. The number of hydrogen-bond donors (Lipinski definition) is 1. The molecule has 1 aliphatic heterocycles. The number of nitrogens with one attached hydrogen (secondary N) is 1. The second-order valence-electron chi connectivity index (χ2n) is 6.53. The summed E-state index contributed by atoms with van der Waals surface area (Å²) in [5, 5.41) is 4.01. The van der Waals surface area contributed by atoms with Crippen LogP contribution in [-0.2, 0) is 11.3 Å². The molecular formula is C21H26N2O3S. The van der Waals surface area contributed by atoms with Gasteiger partial charge in [0.2, 0.25) is 0 Å². The summed E-state index contributed by atoms with van der Waals surface area (Å²) in [4.78, 5) is 2.16. The van der Waals surface area contributed by atoms with Gasteiger partial charge in [-0.3, -0.25) is 0 Å². The van der Waals surface area contributed by atoms with Crippen molar-refractivity contribution < 1.29 is 14.2 Å². The Bertz CT molecular complexity index is 745. The maximum absolute atomic E-state index is 5.83. The molecule has 6 heteroatoms. The van der Waals surface area contributed by atoms with Crippen molar-refractivity contribution in [2.75, 3.05) is 32.7 Å².